The van der Waals surface area contributed by atoms with Crippen LogP contribution in [-0.2, 0) is 6.54 Å². The molecule has 1 unspecified atom stereocenters. The Morgan fingerprint density at radius 1 is 1.24 bits per heavy atom. The van der Waals surface area contributed by atoms with Gasteiger partial charge in [0.15, 0.2) is 0 Å². The average Bonchev–Trinajstić information content (AvgIpc) is 2.19. The maximum absolute atomic E-state index is 6.13. The topological polar surface area (TPSA) is 29.3 Å². The molecule has 1 atom stereocenters. The Hall–Kier alpha value is -0.860. The van der Waals surface area contributed by atoms with Crippen LogP contribution in [-0.4, -0.2) is 24.5 Å². The molecule has 0 radical (unpaired) electrons. The first-order valence-corrected chi connectivity index (χ1v) is 6.47. The Morgan fingerprint density at radius 3 is 2.47 bits per heavy atom. The summed E-state index contributed by atoms with van der Waals surface area (Å²) in [6.45, 7) is 8.56. The van der Waals surface area contributed by atoms with Crippen LogP contribution < -0.4 is 5.73 Å². The van der Waals surface area contributed by atoms with Crippen molar-refractivity contribution in [1.82, 2.24) is 4.90 Å². The molecule has 0 bridgehead atoms. The van der Waals surface area contributed by atoms with Crippen LogP contribution >= 0.6 is 0 Å². The summed E-state index contributed by atoms with van der Waals surface area (Å²) >= 11 is 0. The van der Waals surface area contributed by atoms with Crippen LogP contribution in [0.2, 0.25) is 0 Å². The number of benzene rings is 1. The van der Waals surface area contributed by atoms with Crippen LogP contribution in [0.3, 0.4) is 0 Å². The molecule has 2 heteroatoms. The molecule has 0 saturated carbocycles. The van der Waals surface area contributed by atoms with Crippen molar-refractivity contribution in [2.75, 3.05) is 13.6 Å². The van der Waals surface area contributed by atoms with Gasteiger partial charge in [0.25, 0.3) is 0 Å². The van der Waals surface area contributed by atoms with Gasteiger partial charge < -0.3 is 10.6 Å². The second-order valence-corrected chi connectivity index (χ2v) is 5.51. The highest BCUT2D eigenvalue weighted by Crippen LogP contribution is 2.10. The molecule has 0 aliphatic rings. The summed E-state index contributed by atoms with van der Waals surface area (Å²) in [5.74, 6) is 0.678. The molecule has 0 fully saturated rings. The van der Waals surface area contributed by atoms with E-state index in [0.29, 0.717) is 5.92 Å². The number of hydrogen-bond donors (Lipinski definition) is 1. The van der Waals surface area contributed by atoms with Crippen molar-refractivity contribution in [3.05, 3.63) is 35.4 Å². The molecule has 0 heterocycles. The van der Waals surface area contributed by atoms with Crippen molar-refractivity contribution in [2.45, 2.75) is 39.8 Å². The highest BCUT2D eigenvalue weighted by atomic mass is 15.1. The SMILES string of the molecule is Cc1ccccc1CN(C)CC(N)CC(C)C. The number of rotatable bonds is 6. The fourth-order valence-corrected chi connectivity index (χ4v) is 2.22. The molecule has 0 saturated heterocycles. The summed E-state index contributed by atoms with van der Waals surface area (Å²) < 4.78 is 0. The first kappa shape index (κ1) is 14.2. The summed E-state index contributed by atoms with van der Waals surface area (Å²) in [6, 6.07) is 8.83. The third-order valence-corrected chi connectivity index (χ3v) is 3.02. The van der Waals surface area contributed by atoms with Crippen molar-refractivity contribution in [3.8, 4) is 0 Å². The predicted molar refractivity (Wildman–Crippen MR) is 74.9 cm³/mol. The minimum absolute atomic E-state index is 0.281. The van der Waals surface area contributed by atoms with Gasteiger partial charge in [-0.25, -0.2) is 0 Å². The van der Waals surface area contributed by atoms with Gasteiger partial charge in [0.2, 0.25) is 0 Å². The summed E-state index contributed by atoms with van der Waals surface area (Å²) in [7, 11) is 2.15. The fourth-order valence-electron chi connectivity index (χ4n) is 2.22. The smallest absolute Gasteiger partial charge is 0.0233 e. The van der Waals surface area contributed by atoms with Gasteiger partial charge in [-0.15, -0.1) is 0 Å². The van der Waals surface area contributed by atoms with Crippen LogP contribution in [0, 0.1) is 12.8 Å². The number of aryl methyl sites for hydroxylation is 1. The minimum Gasteiger partial charge on any atom is -0.327 e. The molecular weight excluding hydrogens is 208 g/mol. The lowest BCUT2D eigenvalue weighted by Gasteiger charge is -2.23. The Kier molecular flexibility index (Phi) is 5.66. The highest BCUT2D eigenvalue weighted by molar-refractivity contribution is 5.25. The number of likely N-dealkylation sites (N-methyl/N-ethyl adjacent to an activating group) is 1. The Balaban J connectivity index is 2.44. The molecule has 1 aromatic carbocycles. The second kappa shape index (κ2) is 6.77. The van der Waals surface area contributed by atoms with E-state index in [0.717, 1.165) is 19.5 Å². The van der Waals surface area contributed by atoms with E-state index in [9.17, 15) is 0 Å². The van der Waals surface area contributed by atoms with Crippen molar-refractivity contribution < 1.29 is 0 Å². The Morgan fingerprint density at radius 2 is 1.88 bits per heavy atom. The molecule has 2 nitrogen and oxygen atoms in total. The van der Waals surface area contributed by atoms with Crippen LogP contribution in [0.5, 0.6) is 0 Å². The number of nitrogens with two attached hydrogens (primary N) is 1. The zero-order valence-electron chi connectivity index (χ0n) is 11.6. The van der Waals surface area contributed by atoms with Crippen molar-refractivity contribution in [1.29, 1.82) is 0 Å². The summed E-state index contributed by atoms with van der Waals surface area (Å²) in [6.07, 6.45) is 1.10. The van der Waals surface area contributed by atoms with Crippen molar-refractivity contribution in [2.24, 2.45) is 11.7 Å². The predicted octanol–water partition coefficient (Wildman–Crippen LogP) is 2.80. The van der Waals surface area contributed by atoms with Gasteiger partial charge in [0, 0.05) is 19.1 Å². The number of hydrogen-bond acceptors (Lipinski definition) is 2. The quantitative estimate of drug-likeness (QED) is 0.820. The largest absolute Gasteiger partial charge is 0.327 e. The molecule has 0 aliphatic heterocycles. The van der Waals surface area contributed by atoms with Gasteiger partial charge in [-0.1, -0.05) is 38.1 Å². The first-order valence-electron chi connectivity index (χ1n) is 6.47. The van der Waals surface area contributed by atoms with E-state index < -0.39 is 0 Å². The minimum atomic E-state index is 0.281. The monoisotopic (exact) mass is 234 g/mol. The van der Waals surface area contributed by atoms with Gasteiger partial charge in [-0.2, -0.15) is 0 Å². The molecule has 96 valence electrons. The van der Waals surface area contributed by atoms with Crippen molar-refractivity contribution >= 4 is 0 Å². The molecule has 2 N–H and O–H groups in total. The van der Waals surface area contributed by atoms with Crippen LogP contribution in [0.25, 0.3) is 0 Å². The van der Waals surface area contributed by atoms with Gasteiger partial charge in [-0.3, -0.25) is 0 Å². The van der Waals surface area contributed by atoms with E-state index in [2.05, 4.69) is 57.0 Å². The zero-order chi connectivity index (χ0) is 12.8. The number of nitrogens with zero attached hydrogens (tertiary/aromatic N) is 1. The Labute approximate surface area is 106 Å². The van der Waals surface area contributed by atoms with Crippen molar-refractivity contribution in [3.63, 3.8) is 0 Å². The molecular formula is C15H26N2. The lowest BCUT2D eigenvalue weighted by Crippen LogP contribution is -2.36. The molecule has 0 aromatic heterocycles. The summed E-state index contributed by atoms with van der Waals surface area (Å²) in [4.78, 5) is 2.31. The molecule has 0 spiro atoms. The van der Waals surface area contributed by atoms with Gasteiger partial charge in [-0.05, 0) is 37.4 Å². The normalized spacial score (nSPS) is 13.4. The molecule has 1 rings (SSSR count). The van der Waals surface area contributed by atoms with E-state index in [1.807, 2.05) is 0 Å². The Bertz CT molecular complexity index is 333. The molecule has 1 aromatic rings. The standard InChI is InChI=1S/C15H26N2/c1-12(2)9-15(16)11-17(4)10-14-8-6-5-7-13(14)3/h5-8,12,15H,9-11,16H2,1-4H3. The van der Waals surface area contributed by atoms with E-state index in [1.165, 1.54) is 11.1 Å². The highest BCUT2D eigenvalue weighted by Gasteiger charge is 2.09. The lowest BCUT2D eigenvalue weighted by atomic mass is 10.0. The third-order valence-electron chi connectivity index (χ3n) is 3.02. The third kappa shape index (κ3) is 5.33. The van der Waals surface area contributed by atoms with Crippen LogP contribution in [0.4, 0.5) is 0 Å². The van der Waals surface area contributed by atoms with E-state index in [4.69, 9.17) is 5.73 Å². The summed E-state index contributed by atoms with van der Waals surface area (Å²) in [5, 5.41) is 0. The van der Waals surface area contributed by atoms with E-state index in [1.54, 1.807) is 0 Å². The fraction of sp³-hybridized carbons (Fsp3) is 0.600. The first-order chi connectivity index (χ1) is 7.99. The van der Waals surface area contributed by atoms with E-state index in [-0.39, 0.29) is 6.04 Å². The lowest BCUT2D eigenvalue weighted by molar-refractivity contribution is 0.286. The van der Waals surface area contributed by atoms with Gasteiger partial charge in [0.05, 0.1) is 0 Å². The van der Waals surface area contributed by atoms with Gasteiger partial charge in [0.1, 0.15) is 0 Å². The maximum atomic E-state index is 6.13. The second-order valence-electron chi connectivity index (χ2n) is 5.51. The maximum Gasteiger partial charge on any atom is 0.0233 e. The summed E-state index contributed by atoms with van der Waals surface area (Å²) in [5.41, 5.74) is 8.88. The van der Waals surface area contributed by atoms with Crippen LogP contribution in [0.15, 0.2) is 24.3 Å². The van der Waals surface area contributed by atoms with Crippen LogP contribution in [0.1, 0.15) is 31.4 Å². The zero-order valence-corrected chi connectivity index (χ0v) is 11.6. The molecule has 0 amide bonds. The van der Waals surface area contributed by atoms with Gasteiger partial charge >= 0.3 is 0 Å². The average molecular weight is 234 g/mol. The molecule has 0 aliphatic carbocycles. The van der Waals surface area contributed by atoms with E-state index >= 15 is 0 Å². The molecule has 17 heavy (non-hydrogen) atoms.